The summed E-state index contributed by atoms with van der Waals surface area (Å²) in [6, 6.07) is 10.5. The van der Waals surface area contributed by atoms with Gasteiger partial charge in [-0.2, -0.15) is 0 Å². The zero-order chi connectivity index (χ0) is 13.1. The summed E-state index contributed by atoms with van der Waals surface area (Å²) < 4.78 is 0. The number of aliphatic hydroxyl groups excluding tert-OH is 1. The summed E-state index contributed by atoms with van der Waals surface area (Å²) in [5, 5.41) is 8.88. The van der Waals surface area contributed by atoms with Crippen LogP contribution in [0.2, 0.25) is 0 Å². The van der Waals surface area contributed by atoms with Crippen LogP contribution in [-0.2, 0) is 6.42 Å². The monoisotopic (exact) mass is 259 g/mol. The summed E-state index contributed by atoms with van der Waals surface area (Å²) in [7, 11) is 0. The molecule has 19 heavy (non-hydrogen) atoms. The molecule has 1 unspecified atom stereocenters. The maximum absolute atomic E-state index is 8.88. The molecular formula is C17H25NO. The van der Waals surface area contributed by atoms with Crippen molar-refractivity contribution in [2.45, 2.75) is 57.0 Å². The number of aryl methyl sites for hydroxylation is 1. The van der Waals surface area contributed by atoms with Crippen molar-refractivity contribution in [2.24, 2.45) is 0 Å². The average molecular weight is 259 g/mol. The van der Waals surface area contributed by atoms with Gasteiger partial charge in [-0.1, -0.05) is 24.3 Å². The Morgan fingerprint density at radius 2 is 1.89 bits per heavy atom. The molecule has 0 aromatic heterocycles. The highest BCUT2D eigenvalue weighted by Crippen LogP contribution is 2.41. The topological polar surface area (TPSA) is 23.5 Å². The lowest BCUT2D eigenvalue weighted by atomic mass is 10.1. The molecule has 1 aromatic carbocycles. The number of benzene rings is 1. The molecule has 0 amide bonds. The van der Waals surface area contributed by atoms with Gasteiger partial charge in [-0.05, 0) is 62.6 Å². The molecule has 2 nitrogen and oxygen atoms in total. The third kappa shape index (κ3) is 3.01. The normalized spacial score (nSPS) is 21.9. The lowest BCUT2D eigenvalue weighted by Crippen LogP contribution is -2.30. The van der Waals surface area contributed by atoms with E-state index in [9.17, 15) is 0 Å². The molecule has 1 aromatic rings. The fourth-order valence-corrected chi connectivity index (χ4v) is 3.46. The van der Waals surface area contributed by atoms with Gasteiger partial charge in [0.25, 0.3) is 0 Å². The lowest BCUT2D eigenvalue weighted by Gasteiger charge is -2.29. The molecule has 0 saturated heterocycles. The van der Waals surface area contributed by atoms with Crippen LogP contribution in [0.15, 0.2) is 24.3 Å². The number of unbranched alkanes of at least 4 members (excludes halogenated alkanes) is 2. The van der Waals surface area contributed by atoms with Gasteiger partial charge in [-0.3, -0.25) is 4.90 Å². The summed E-state index contributed by atoms with van der Waals surface area (Å²) in [5.41, 5.74) is 3.14. The Morgan fingerprint density at radius 3 is 2.68 bits per heavy atom. The van der Waals surface area contributed by atoms with E-state index < -0.39 is 0 Å². The second-order valence-corrected chi connectivity index (χ2v) is 6.01. The van der Waals surface area contributed by atoms with E-state index in [0.29, 0.717) is 12.6 Å². The van der Waals surface area contributed by atoms with Crippen LogP contribution >= 0.6 is 0 Å². The van der Waals surface area contributed by atoms with Gasteiger partial charge in [0.1, 0.15) is 0 Å². The van der Waals surface area contributed by atoms with Crippen molar-refractivity contribution in [3.8, 4) is 0 Å². The highest BCUT2D eigenvalue weighted by Gasteiger charge is 2.36. The molecule has 0 heterocycles. The molecule has 2 aliphatic rings. The van der Waals surface area contributed by atoms with Crippen molar-refractivity contribution in [3.63, 3.8) is 0 Å². The molecule has 0 bridgehead atoms. The Labute approximate surface area is 116 Å². The van der Waals surface area contributed by atoms with Crippen molar-refractivity contribution in [2.75, 3.05) is 13.2 Å². The van der Waals surface area contributed by atoms with E-state index in [4.69, 9.17) is 5.11 Å². The third-order valence-electron chi connectivity index (χ3n) is 4.59. The first-order valence-electron chi connectivity index (χ1n) is 7.84. The first kappa shape index (κ1) is 13.1. The van der Waals surface area contributed by atoms with E-state index >= 15 is 0 Å². The van der Waals surface area contributed by atoms with Gasteiger partial charge in [0, 0.05) is 18.7 Å². The van der Waals surface area contributed by atoms with Crippen LogP contribution in [0.3, 0.4) is 0 Å². The van der Waals surface area contributed by atoms with Gasteiger partial charge in [0.15, 0.2) is 0 Å². The second-order valence-electron chi connectivity index (χ2n) is 6.01. The average Bonchev–Trinajstić information content (AvgIpc) is 3.19. The Morgan fingerprint density at radius 1 is 1.05 bits per heavy atom. The molecule has 1 saturated carbocycles. The van der Waals surface area contributed by atoms with E-state index in [-0.39, 0.29) is 0 Å². The van der Waals surface area contributed by atoms with Crippen LogP contribution in [0.25, 0.3) is 0 Å². The summed E-state index contributed by atoms with van der Waals surface area (Å²) in [6.07, 6.45) is 8.68. The number of hydrogen-bond donors (Lipinski definition) is 1. The molecule has 1 fully saturated rings. The highest BCUT2D eigenvalue weighted by atomic mass is 16.2. The fourth-order valence-electron chi connectivity index (χ4n) is 3.46. The lowest BCUT2D eigenvalue weighted by molar-refractivity contribution is 0.179. The van der Waals surface area contributed by atoms with E-state index in [2.05, 4.69) is 29.2 Å². The smallest absolute Gasteiger partial charge is 0.0431 e. The molecule has 1 atom stereocenters. The number of rotatable bonds is 7. The summed E-state index contributed by atoms with van der Waals surface area (Å²) >= 11 is 0. The zero-order valence-electron chi connectivity index (χ0n) is 11.7. The van der Waals surface area contributed by atoms with Gasteiger partial charge in [-0.15, -0.1) is 0 Å². The predicted octanol–water partition coefficient (Wildman–Crippen LogP) is 3.30. The Kier molecular flexibility index (Phi) is 4.19. The summed E-state index contributed by atoms with van der Waals surface area (Å²) in [6.45, 7) is 1.55. The van der Waals surface area contributed by atoms with Crippen LogP contribution in [-0.4, -0.2) is 29.2 Å². The molecule has 2 aliphatic carbocycles. The van der Waals surface area contributed by atoms with E-state index in [1.54, 1.807) is 11.1 Å². The first-order valence-corrected chi connectivity index (χ1v) is 7.84. The number of fused-ring (bicyclic) bond motifs is 1. The molecule has 3 rings (SSSR count). The van der Waals surface area contributed by atoms with Crippen LogP contribution in [0.1, 0.15) is 55.7 Å². The molecule has 0 aliphatic heterocycles. The second kappa shape index (κ2) is 6.06. The van der Waals surface area contributed by atoms with E-state index in [0.717, 1.165) is 18.9 Å². The number of aliphatic hydroxyl groups is 1. The minimum Gasteiger partial charge on any atom is -0.396 e. The Balaban J connectivity index is 1.64. The van der Waals surface area contributed by atoms with Gasteiger partial charge in [0.05, 0.1) is 0 Å². The van der Waals surface area contributed by atoms with E-state index in [1.165, 1.54) is 38.6 Å². The van der Waals surface area contributed by atoms with Crippen LogP contribution in [0.4, 0.5) is 0 Å². The molecule has 0 radical (unpaired) electrons. The predicted molar refractivity (Wildman–Crippen MR) is 78.2 cm³/mol. The Hall–Kier alpha value is -0.860. The summed E-state index contributed by atoms with van der Waals surface area (Å²) in [5.74, 6) is 0. The standard InChI is InChI=1S/C17H25NO/c19-13-5-1-4-12-18(15-9-10-15)17-11-8-14-6-2-3-7-16(14)17/h2-3,6-7,15,17,19H,1,4-5,8-13H2. The molecule has 104 valence electrons. The molecular weight excluding hydrogens is 234 g/mol. The van der Waals surface area contributed by atoms with Gasteiger partial charge in [0.2, 0.25) is 0 Å². The van der Waals surface area contributed by atoms with Crippen molar-refractivity contribution < 1.29 is 5.11 Å². The van der Waals surface area contributed by atoms with Crippen LogP contribution < -0.4 is 0 Å². The zero-order valence-corrected chi connectivity index (χ0v) is 11.7. The quantitative estimate of drug-likeness (QED) is 0.759. The van der Waals surface area contributed by atoms with Crippen molar-refractivity contribution >= 4 is 0 Å². The first-order chi connectivity index (χ1) is 9.40. The van der Waals surface area contributed by atoms with Gasteiger partial charge < -0.3 is 5.11 Å². The van der Waals surface area contributed by atoms with Crippen molar-refractivity contribution in [3.05, 3.63) is 35.4 Å². The largest absolute Gasteiger partial charge is 0.396 e. The minimum absolute atomic E-state index is 0.343. The molecule has 0 spiro atoms. The van der Waals surface area contributed by atoms with Gasteiger partial charge >= 0.3 is 0 Å². The van der Waals surface area contributed by atoms with Crippen LogP contribution in [0.5, 0.6) is 0 Å². The fraction of sp³-hybridized carbons (Fsp3) is 0.647. The molecule has 1 N–H and O–H groups in total. The van der Waals surface area contributed by atoms with Gasteiger partial charge in [-0.25, -0.2) is 0 Å². The maximum Gasteiger partial charge on any atom is 0.0431 e. The Bertz CT molecular complexity index is 413. The van der Waals surface area contributed by atoms with E-state index in [1.807, 2.05) is 0 Å². The van der Waals surface area contributed by atoms with Crippen molar-refractivity contribution in [1.82, 2.24) is 4.90 Å². The number of nitrogens with zero attached hydrogens (tertiary/aromatic N) is 1. The third-order valence-corrected chi connectivity index (χ3v) is 4.59. The minimum atomic E-state index is 0.343. The van der Waals surface area contributed by atoms with Crippen LogP contribution in [0, 0.1) is 0 Å². The van der Waals surface area contributed by atoms with Crippen molar-refractivity contribution in [1.29, 1.82) is 0 Å². The SMILES string of the molecule is OCCCCCN(C1CC1)C1CCc2ccccc21. The highest BCUT2D eigenvalue weighted by molar-refractivity contribution is 5.34. The maximum atomic E-state index is 8.88. The summed E-state index contributed by atoms with van der Waals surface area (Å²) in [4.78, 5) is 2.75. The molecule has 2 heteroatoms. The number of hydrogen-bond acceptors (Lipinski definition) is 2.